The van der Waals surface area contributed by atoms with Gasteiger partial charge in [0, 0.05) is 0 Å². The molecule has 0 radical (unpaired) electrons. The van der Waals surface area contributed by atoms with Crippen LogP contribution in [0.2, 0.25) is 0 Å². The van der Waals surface area contributed by atoms with Crippen molar-refractivity contribution in [3.63, 3.8) is 0 Å². The molecule has 0 aromatic carbocycles. The van der Waals surface area contributed by atoms with Crippen LogP contribution in [-0.4, -0.2) is 22.4 Å². The molecule has 0 aromatic rings. The number of aliphatic hydroxyl groups excluding tert-OH is 2. The Morgan fingerprint density at radius 3 is 2.68 bits per heavy atom. The van der Waals surface area contributed by atoms with Gasteiger partial charge in [-0.1, -0.05) is 56.6 Å². The monoisotopic (exact) mass is 386 g/mol. The fourth-order valence-corrected chi connectivity index (χ4v) is 6.55. The lowest BCUT2D eigenvalue weighted by Gasteiger charge is -2.44. The van der Waals surface area contributed by atoms with E-state index in [1.54, 1.807) is 5.57 Å². The summed E-state index contributed by atoms with van der Waals surface area (Å²) in [5.74, 6) is 2.29. The molecule has 0 saturated heterocycles. The van der Waals surface area contributed by atoms with E-state index in [4.69, 9.17) is 0 Å². The summed E-state index contributed by atoms with van der Waals surface area (Å²) in [6.45, 7) is 11.1. The minimum Gasteiger partial charge on any atom is -0.393 e. The van der Waals surface area contributed by atoms with Crippen molar-refractivity contribution in [1.29, 1.82) is 0 Å². The SMILES string of the molecule is C=C1CCC(O)C/C1=C/C=C1\CCCC2(C)[C@@H]([C@H](C)CCCC(C)O)CC[C@@H]12. The van der Waals surface area contributed by atoms with Crippen LogP contribution in [0.3, 0.4) is 0 Å². The highest BCUT2D eigenvalue weighted by Crippen LogP contribution is 2.59. The van der Waals surface area contributed by atoms with Crippen LogP contribution in [0.1, 0.15) is 91.4 Å². The van der Waals surface area contributed by atoms with E-state index in [1.807, 2.05) is 6.92 Å². The fraction of sp³-hybridized carbons (Fsp3) is 0.769. The van der Waals surface area contributed by atoms with Gasteiger partial charge in [-0.15, -0.1) is 0 Å². The van der Waals surface area contributed by atoms with Crippen molar-refractivity contribution in [2.24, 2.45) is 23.2 Å². The first kappa shape index (κ1) is 21.8. The number of rotatable bonds is 6. The molecule has 6 atom stereocenters. The molecule has 28 heavy (non-hydrogen) atoms. The Kier molecular flexibility index (Phi) is 7.26. The maximum Gasteiger partial charge on any atom is 0.0583 e. The zero-order chi connectivity index (χ0) is 20.3. The van der Waals surface area contributed by atoms with E-state index in [-0.39, 0.29) is 12.2 Å². The number of hydrogen-bond donors (Lipinski definition) is 2. The van der Waals surface area contributed by atoms with Gasteiger partial charge in [-0.2, -0.15) is 0 Å². The number of aliphatic hydroxyl groups is 2. The van der Waals surface area contributed by atoms with Gasteiger partial charge in [-0.25, -0.2) is 0 Å². The van der Waals surface area contributed by atoms with Crippen molar-refractivity contribution in [3.05, 3.63) is 35.5 Å². The molecule has 3 aliphatic rings. The predicted octanol–water partition coefficient (Wildman–Crippen LogP) is 6.34. The third kappa shape index (κ3) is 4.82. The van der Waals surface area contributed by atoms with E-state index in [0.717, 1.165) is 49.9 Å². The average Bonchev–Trinajstić information content (AvgIpc) is 2.99. The zero-order valence-electron chi connectivity index (χ0n) is 18.4. The minimum absolute atomic E-state index is 0.163. The third-order valence-corrected chi connectivity index (χ3v) is 8.19. The first-order valence-corrected chi connectivity index (χ1v) is 11.7. The minimum atomic E-state index is -0.190. The van der Waals surface area contributed by atoms with Crippen LogP contribution in [0, 0.1) is 23.2 Å². The van der Waals surface area contributed by atoms with E-state index in [0.29, 0.717) is 5.41 Å². The largest absolute Gasteiger partial charge is 0.393 e. The summed E-state index contributed by atoms with van der Waals surface area (Å²) >= 11 is 0. The number of allylic oxidation sites excluding steroid dienone is 4. The highest BCUT2D eigenvalue weighted by molar-refractivity contribution is 5.36. The number of fused-ring (bicyclic) bond motifs is 1. The van der Waals surface area contributed by atoms with Gasteiger partial charge in [0.25, 0.3) is 0 Å². The maximum atomic E-state index is 10.0. The van der Waals surface area contributed by atoms with Crippen LogP contribution in [0.15, 0.2) is 35.5 Å². The second-order valence-electron chi connectivity index (χ2n) is 10.3. The van der Waals surface area contributed by atoms with Gasteiger partial charge < -0.3 is 10.2 Å². The van der Waals surface area contributed by atoms with Gasteiger partial charge in [0.15, 0.2) is 0 Å². The van der Waals surface area contributed by atoms with Crippen LogP contribution >= 0.6 is 0 Å². The maximum absolute atomic E-state index is 10.0. The van der Waals surface area contributed by atoms with Crippen molar-refractivity contribution in [2.45, 2.75) is 104 Å². The van der Waals surface area contributed by atoms with Crippen LogP contribution < -0.4 is 0 Å². The summed E-state index contributed by atoms with van der Waals surface area (Å²) in [4.78, 5) is 0. The standard InChI is InChI=1S/C26H42O2/c1-18-10-13-23(28)17-22(18)12-11-21-9-6-16-26(4)24(14-15-25(21)26)19(2)7-5-8-20(3)27/h11-12,19-20,23-25,27-28H,1,5-10,13-17H2,2-4H3/b21-11+,22-12-/t19-,20?,23?,24-,25+,26?/m1/s1. The molecule has 0 amide bonds. The Labute approximate surface area is 172 Å². The van der Waals surface area contributed by atoms with Gasteiger partial charge >= 0.3 is 0 Å². The molecule has 0 spiro atoms. The molecule has 0 bridgehead atoms. The van der Waals surface area contributed by atoms with Gasteiger partial charge in [0.1, 0.15) is 0 Å². The number of hydrogen-bond acceptors (Lipinski definition) is 2. The molecule has 2 nitrogen and oxygen atoms in total. The summed E-state index contributed by atoms with van der Waals surface area (Å²) in [6.07, 6.45) is 16.8. The van der Waals surface area contributed by atoms with Crippen LogP contribution in [0.4, 0.5) is 0 Å². The van der Waals surface area contributed by atoms with Crippen LogP contribution in [0.5, 0.6) is 0 Å². The van der Waals surface area contributed by atoms with E-state index in [2.05, 4.69) is 32.6 Å². The Morgan fingerprint density at radius 1 is 1.14 bits per heavy atom. The third-order valence-electron chi connectivity index (χ3n) is 8.19. The molecule has 3 saturated carbocycles. The van der Waals surface area contributed by atoms with Gasteiger partial charge in [0.2, 0.25) is 0 Å². The molecule has 0 aliphatic heterocycles. The van der Waals surface area contributed by atoms with Crippen molar-refractivity contribution in [3.8, 4) is 0 Å². The molecular weight excluding hydrogens is 344 g/mol. The summed E-state index contributed by atoms with van der Waals surface area (Å²) in [6, 6.07) is 0. The van der Waals surface area contributed by atoms with E-state index in [1.165, 1.54) is 49.7 Å². The van der Waals surface area contributed by atoms with Gasteiger partial charge in [0.05, 0.1) is 12.2 Å². The summed E-state index contributed by atoms with van der Waals surface area (Å²) in [5.41, 5.74) is 4.57. The molecule has 0 aromatic heterocycles. The summed E-state index contributed by atoms with van der Waals surface area (Å²) in [5, 5.41) is 19.6. The van der Waals surface area contributed by atoms with E-state index >= 15 is 0 Å². The molecule has 3 rings (SSSR count). The molecule has 2 N–H and O–H groups in total. The smallest absolute Gasteiger partial charge is 0.0583 e. The lowest BCUT2D eigenvalue weighted by atomic mass is 9.60. The average molecular weight is 387 g/mol. The summed E-state index contributed by atoms with van der Waals surface area (Å²) in [7, 11) is 0. The molecule has 0 heterocycles. The first-order chi connectivity index (χ1) is 13.3. The normalized spacial score (nSPS) is 38.6. The Balaban J connectivity index is 1.70. The first-order valence-electron chi connectivity index (χ1n) is 11.7. The highest BCUT2D eigenvalue weighted by atomic mass is 16.3. The molecule has 3 fully saturated rings. The lowest BCUT2D eigenvalue weighted by Crippen LogP contribution is -2.36. The molecule has 158 valence electrons. The van der Waals surface area contributed by atoms with Crippen LogP contribution in [0.25, 0.3) is 0 Å². The van der Waals surface area contributed by atoms with E-state index in [9.17, 15) is 10.2 Å². The molecule has 3 aliphatic carbocycles. The molecule has 2 heteroatoms. The van der Waals surface area contributed by atoms with Gasteiger partial charge in [-0.3, -0.25) is 0 Å². The van der Waals surface area contributed by atoms with Crippen molar-refractivity contribution < 1.29 is 10.2 Å². The van der Waals surface area contributed by atoms with Crippen molar-refractivity contribution >= 4 is 0 Å². The fourth-order valence-electron chi connectivity index (χ4n) is 6.55. The quantitative estimate of drug-likeness (QED) is 0.559. The molecular formula is C26H42O2. The second kappa shape index (κ2) is 9.30. The lowest BCUT2D eigenvalue weighted by molar-refractivity contribution is 0.0907. The second-order valence-corrected chi connectivity index (χ2v) is 10.3. The zero-order valence-corrected chi connectivity index (χ0v) is 18.4. The Bertz CT molecular complexity index is 614. The predicted molar refractivity (Wildman–Crippen MR) is 118 cm³/mol. The summed E-state index contributed by atoms with van der Waals surface area (Å²) < 4.78 is 0. The Hall–Kier alpha value is -0.860. The van der Waals surface area contributed by atoms with E-state index < -0.39 is 0 Å². The Morgan fingerprint density at radius 2 is 1.93 bits per heavy atom. The molecule has 3 unspecified atom stereocenters. The van der Waals surface area contributed by atoms with Crippen molar-refractivity contribution in [1.82, 2.24) is 0 Å². The van der Waals surface area contributed by atoms with Gasteiger partial charge in [-0.05, 0) is 93.5 Å². The topological polar surface area (TPSA) is 40.5 Å². The highest BCUT2D eigenvalue weighted by Gasteiger charge is 2.50. The van der Waals surface area contributed by atoms with Crippen molar-refractivity contribution in [2.75, 3.05) is 0 Å². The van der Waals surface area contributed by atoms with Crippen LogP contribution in [-0.2, 0) is 0 Å².